The molecule has 84 valence electrons. The number of hydrogen-bond acceptors (Lipinski definition) is 2. The third kappa shape index (κ3) is 4.43. The number of rotatable bonds is 1. The van der Waals surface area contributed by atoms with E-state index in [9.17, 15) is 0 Å². The number of hydrogen-bond donors (Lipinski definition) is 0. The van der Waals surface area contributed by atoms with Gasteiger partial charge in [-0.15, -0.1) is 0 Å². The van der Waals surface area contributed by atoms with Gasteiger partial charge in [0.15, 0.2) is 0 Å². The van der Waals surface area contributed by atoms with Crippen molar-refractivity contribution in [2.45, 2.75) is 57.6 Å². The smallest absolute Gasteiger partial charge is 0.109 e. The van der Waals surface area contributed by atoms with Crippen molar-refractivity contribution >= 4 is 0 Å². The molecule has 1 atom stereocenters. The predicted molar refractivity (Wildman–Crippen MR) is 60.4 cm³/mol. The number of methoxy groups -OCH3 is 1. The fourth-order valence-electron chi connectivity index (χ4n) is 2.23. The highest BCUT2D eigenvalue weighted by Gasteiger charge is 2.13. The summed E-state index contributed by atoms with van der Waals surface area (Å²) in [5.41, 5.74) is 0. The molecule has 1 saturated heterocycles. The molecule has 1 heterocycles. The number of ether oxygens (including phenoxy) is 1. The van der Waals surface area contributed by atoms with Crippen LogP contribution in [0.3, 0.4) is 0 Å². The topological polar surface area (TPSA) is 12.5 Å². The molecule has 0 aromatic rings. The average molecular weight is 199 g/mol. The zero-order chi connectivity index (χ0) is 10.2. The molecule has 0 radical (unpaired) electrons. The summed E-state index contributed by atoms with van der Waals surface area (Å²) in [4.78, 5) is 2.37. The monoisotopic (exact) mass is 199 g/mol. The molecular weight excluding hydrogens is 174 g/mol. The van der Waals surface area contributed by atoms with Crippen molar-refractivity contribution in [3.8, 4) is 0 Å². The van der Waals surface area contributed by atoms with Gasteiger partial charge in [-0.3, -0.25) is 4.90 Å². The van der Waals surface area contributed by atoms with E-state index in [-0.39, 0.29) is 0 Å². The van der Waals surface area contributed by atoms with Crippen LogP contribution in [0.15, 0.2) is 0 Å². The van der Waals surface area contributed by atoms with E-state index in [0.717, 1.165) is 0 Å². The van der Waals surface area contributed by atoms with Crippen LogP contribution in [-0.4, -0.2) is 31.8 Å². The molecule has 0 aromatic carbocycles. The summed E-state index contributed by atoms with van der Waals surface area (Å²) in [5, 5.41) is 0. The summed E-state index contributed by atoms with van der Waals surface area (Å²) in [5.74, 6) is 0. The van der Waals surface area contributed by atoms with Gasteiger partial charge < -0.3 is 4.74 Å². The van der Waals surface area contributed by atoms with Gasteiger partial charge in [0.2, 0.25) is 0 Å². The largest absolute Gasteiger partial charge is 0.366 e. The molecule has 0 aromatic heterocycles. The molecule has 0 saturated carbocycles. The van der Waals surface area contributed by atoms with Crippen LogP contribution in [0.1, 0.15) is 51.4 Å². The molecule has 0 aliphatic carbocycles. The van der Waals surface area contributed by atoms with Crippen LogP contribution < -0.4 is 0 Å². The van der Waals surface area contributed by atoms with Crippen LogP contribution in [0.25, 0.3) is 0 Å². The molecule has 2 heteroatoms. The Balaban J connectivity index is 2.33. The zero-order valence-electron chi connectivity index (χ0n) is 9.80. The molecule has 0 spiro atoms. The van der Waals surface area contributed by atoms with E-state index in [0.29, 0.717) is 6.23 Å². The van der Waals surface area contributed by atoms with E-state index in [4.69, 9.17) is 4.74 Å². The molecule has 14 heavy (non-hydrogen) atoms. The standard InChI is InChI=1S/C12H25NO/c1-13-11-9-7-5-3-4-6-8-10-12(13)14-2/h12H,3-11H2,1-2H3. The van der Waals surface area contributed by atoms with Gasteiger partial charge in [0.25, 0.3) is 0 Å². The van der Waals surface area contributed by atoms with Crippen molar-refractivity contribution in [2.24, 2.45) is 0 Å². The van der Waals surface area contributed by atoms with Crippen LogP contribution in [0.5, 0.6) is 0 Å². The molecule has 1 rings (SSSR count). The highest BCUT2D eigenvalue weighted by atomic mass is 16.5. The lowest BCUT2D eigenvalue weighted by Crippen LogP contribution is -2.33. The minimum absolute atomic E-state index is 0.355. The van der Waals surface area contributed by atoms with E-state index in [1.807, 2.05) is 7.11 Å². The van der Waals surface area contributed by atoms with Crippen molar-refractivity contribution in [3.05, 3.63) is 0 Å². The van der Waals surface area contributed by atoms with Crippen LogP contribution in [0, 0.1) is 0 Å². The van der Waals surface area contributed by atoms with E-state index in [1.54, 1.807) is 0 Å². The first-order valence-electron chi connectivity index (χ1n) is 6.07. The van der Waals surface area contributed by atoms with Crippen LogP contribution in [-0.2, 0) is 4.74 Å². The molecule has 1 unspecified atom stereocenters. The molecule has 1 fully saturated rings. The van der Waals surface area contributed by atoms with Gasteiger partial charge in [-0.1, -0.05) is 32.1 Å². The minimum Gasteiger partial charge on any atom is -0.366 e. The summed E-state index contributed by atoms with van der Waals surface area (Å²) in [7, 11) is 4.02. The van der Waals surface area contributed by atoms with E-state index < -0.39 is 0 Å². The van der Waals surface area contributed by atoms with Crippen molar-refractivity contribution in [2.75, 3.05) is 20.7 Å². The normalized spacial score (nSPS) is 28.3. The van der Waals surface area contributed by atoms with Crippen LogP contribution in [0.2, 0.25) is 0 Å². The van der Waals surface area contributed by atoms with Gasteiger partial charge >= 0.3 is 0 Å². The van der Waals surface area contributed by atoms with E-state index in [2.05, 4.69) is 11.9 Å². The Morgan fingerprint density at radius 3 is 2.14 bits per heavy atom. The van der Waals surface area contributed by atoms with Gasteiger partial charge in [-0.2, -0.15) is 0 Å². The first-order chi connectivity index (χ1) is 6.84. The van der Waals surface area contributed by atoms with Gasteiger partial charge in [0.1, 0.15) is 6.23 Å². The van der Waals surface area contributed by atoms with Crippen molar-refractivity contribution in [1.82, 2.24) is 4.90 Å². The summed E-state index contributed by atoms with van der Waals surface area (Å²) >= 11 is 0. The summed E-state index contributed by atoms with van der Waals surface area (Å²) in [6.45, 7) is 1.19. The Kier molecular flexibility index (Phi) is 6.20. The summed E-state index contributed by atoms with van der Waals surface area (Å²) in [6, 6.07) is 0. The van der Waals surface area contributed by atoms with Crippen LogP contribution in [0.4, 0.5) is 0 Å². The molecule has 1 aliphatic rings. The molecular formula is C12H25NO. The maximum atomic E-state index is 5.50. The molecule has 0 amide bonds. The zero-order valence-corrected chi connectivity index (χ0v) is 9.80. The highest BCUT2D eigenvalue weighted by Crippen LogP contribution is 2.15. The SMILES string of the molecule is COC1CCCCCCCCCN1C. The Morgan fingerprint density at radius 2 is 1.50 bits per heavy atom. The second kappa shape index (κ2) is 7.24. The Morgan fingerprint density at radius 1 is 0.929 bits per heavy atom. The first kappa shape index (κ1) is 12.0. The van der Waals surface area contributed by atoms with Gasteiger partial charge in [0, 0.05) is 13.7 Å². The molecule has 2 nitrogen and oxygen atoms in total. The fourth-order valence-corrected chi connectivity index (χ4v) is 2.23. The first-order valence-corrected chi connectivity index (χ1v) is 6.07. The lowest BCUT2D eigenvalue weighted by Gasteiger charge is -2.26. The van der Waals surface area contributed by atoms with Crippen LogP contribution >= 0.6 is 0 Å². The van der Waals surface area contributed by atoms with Gasteiger partial charge in [0.05, 0.1) is 0 Å². The summed E-state index contributed by atoms with van der Waals surface area (Å²) < 4.78 is 5.50. The van der Waals surface area contributed by atoms with E-state index in [1.165, 1.54) is 57.9 Å². The maximum Gasteiger partial charge on any atom is 0.109 e. The van der Waals surface area contributed by atoms with Gasteiger partial charge in [-0.05, 0) is 26.3 Å². The summed E-state index contributed by atoms with van der Waals surface area (Å²) in [6.07, 6.45) is 11.3. The second-order valence-corrected chi connectivity index (χ2v) is 4.43. The minimum atomic E-state index is 0.355. The quantitative estimate of drug-likeness (QED) is 0.643. The second-order valence-electron chi connectivity index (χ2n) is 4.43. The Hall–Kier alpha value is -0.0800. The van der Waals surface area contributed by atoms with Crippen molar-refractivity contribution < 1.29 is 4.74 Å². The predicted octanol–water partition coefficient (Wildman–Crippen LogP) is 3.03. The van der Waals surface area contributed by atoms with Crippen molar-refractivity contribution in [3.63, 3.8) is 0 Å². The number of nitrogens with zero attached hydrogens (tertiary/aromatic N) is 1. The third-order valence-electron chi connectivity index (χ3n) is 3.23. The Bertz CT molecular complexity index is 138. The van der Waals surface area contributed by atoms with E-state index >= 15 is 0 Å². The molecule has 0 N–H and O–H groups in total. The lowest BCUT2D eigenvalue weighted by atomic mass is 10.1. The average Bonchev–Trinajstić information content (AvgIpc) is 2.24. The molecule has 1 aliphatic heterocycles. The maximum absolute atomic E-state index is 5.50. The highest BCUT2D eigenvalue weighted by molar-refractivity contribution is 4.61. The van der Waals surface area contributed by atoms with Crippen molar-refractivity contribution in [1.29, 1.82) is 0 Å². The third-order valence-corrected chi connectivity index (χ3v) is 3.23. The fraction of sp³-hybridized carbons (Fsp3) is 1.00. The lowest BCUT2D eigenvalue weighted by molar-refractivity contribution is -0.0248. The Labute approximate surface area is 88.6 Å². The molecule has 0 bridgehead atoms. The van der Waals surface area contributed by atoms with Gasteiger partial charge in [-0.25, -0.2) is 0 Å².